The average Bonchev–Trinajstić information content (AvgIpc) is 2.94. The molecule has 14 atom stereocenters. The van der Waals surface area contributed by atoms with Gasteiger partial charge in [-0.3, -0.25) is 0 Å². The third-order valence-electron chi connectivity index (χ3n) is 7.85. The molecule has 2 aliphatic heterocycles. The van der Waals surface area contributed by atoms with Crippen LogP contribution in [0.2, 0.25) is 0 Å². The maximum atomic E-state index is 11.5. The van der Waals surface area contributed by atoms with Gasteiger partial charge in [-0.05, 0) is 38.8 Å². The number of nitrogens with two attached hydrogens (primary N) is 5. The third kappa shape index (κ3) is 8.70. The van der Waals surface area contributed by atoms with Crippen molar-refractivity contribution in [2.24, 2.45) is 28.7 Å². The Morgan fingerprint density at radius 3 is 2.30 bits per heavy atom. The molecular weight excluding hydrogens is 530 g/mol. The Hall–Kier alpha value is -0.640. The average molecular weight is 582 g/mol. The molecule has 0 aromatic carbocycles. The maximum absolute atomic E-state index is 11.5. The highest BCUT2D eigenvalue weighted by Gasteiger charge is 2.50. The molecule has 0 aromatic rings. The number of ether oxygens (including phenoxy) is 4. The molecule has 16 nitrogen and oxygen atoms in total. The van der Waals surface area contributed by atoms with Gasteiger partial charge in [0.2, 0.25) is 0 Å². The predicted molar refractivity (Wildman–Crippen MR) is 143 cm³/mol. The lowest BCUT2D eigenvalue weighted by molar-refractivity contribution is -0.314. The van der Waals surface area contributed by atoms with Crippen molar-refractivity contribution in [1.29, 1.82) is 0 Å². The van der Waals surface area contributed by atoms with Crippen molar-refractivity contribution in [3.8, 4) is 0 Å². The van der Waals surface area contributed by atoms with Crippen molar-refractivity contribution < 1.29 is 44.5 Å². The molecule has 40 heavy (non-hydrogen) atoms. The first-order chi connectivity index (χ1) is 19.1. The van der Waals surface area contributed by atoms with Crippen LogP contribution >= 0.6 is 0 Å². The van der Waals surface area contributed by atoms with E-state index in [1.54, 1.807) is 0 Å². The van der Waals surface area contributed by atoms with Crippen molar-refractivity contribution >= 4 is 0 Å². The molecule has 1 aliphatic carbocycles. The Morgan fingerprint density at radius 2 is 1.62 bits per heavy atom. The van der Waals surface area contributed by atoms with Gasteiger partial charge in [0.15, 0.2) is 12.6 Å². The van der Waals surface area contributed by atoms with Gasteiger partial charge in [-0.15, -0.1) is 0 Å². The van der Waals surface area contributed by atoms with Crippen molar-refractivity contribution in [1.82, 2.24) is 10.6 Å². The lowest BCUT2D eigenvalue weighted by Crippen LogP contribution is -2.68. The molecule has 0 spiro atoms. The second-order valence-corrected chi connectivity index (χ2v) is 11.0. The maximum Gasteiger partial charge on any atom is 0.186 e. The first-order valence-corrected chi connectivity index (χ1v) is 14.2. The van der Waals surface area contributed by atoms with Crippen LogP contribution in [0.5, 0.6) is 0 Å². The molecule has 3 aliphatic rings. The van der Waals surface area contributed by atoms with Crippen molar-refractivity contribution in [3.63, 3.8) is 0 Å². The third-order valence-corrected chi connectivity index (χ3v) is 7.85. The van der Waals surface area contributed by atoms with E-state index in [-0.39, 0.29) is 25.6 Å². The number of rotatable bonds is 14. The summed E-state index contributed by atoms with van der Waals surface area (Å²) in [4.78, 5) is 0. The van der Waals surface area contributed by atoms with Crippen LogP contribution in [-0.4, -0.2) is 150 Å². The molecule has 2 heterocycles. The Morgan fingerprint density at radius 1 is 0.900 bits per heavy atom. The molecule has 236 valence electrons. The zero-order valence-electron chi connectivity index (χ0n) is 22.9. The van der Waals surface area contributed by atoms with Crippen LogP contribution in [0.3, 0.4) is 0 Å². The number of aliphatic hydroxyl groups is 5. The van der Waals surface area contributed by atoms with Crippen LogP contribution < -0.4 is 39.3 Å². The molecule has 0 amide bonds. The van der Waals surface area contributed by atoms with E-state index in [0.717, 1.165) is 19.4 Å². The first-order valence-electron chi connectivity index (χ1n) is 14.2. The number of aliphatic hydroxyl groups excluding tert-OH is 5. The summed E-state index contributed by atoms with van der Waals surface area (Å²) in [5.74, 6) is 0. The molecule has 17 N–H and O–H groups in total. The minimum absolute atomic E-state index is 0.0140. The van der Waals surface area contributed by atoms with Gasteiger partial charge in [-0.2, -0.15) is 0 Å². The van der Waals surface area contributed by atoms with Crippen molar-refractivity contribution in [2.45, 2.75) is 111 Å². The van der Waals surface area contributed by atoms with Crippen LogP contribution in [0.1, 0.15) is 25.7 Å². The molecular formula is C24H51N7O9. The number of hydrogen-bond donors (Lipinski definition) is 12. The summed E-state index contributed by atoms with van der Waals surface area (Å²) in [6.07, 6.45) is -7.99. The Labute approximate surface area is 234 Å². The van der Waals surface area contributed by atoms with Gasteiger partial charge in [0.25, 0.3) is 0 Å². The van der Waals surface area contributed by atoms with E-state index in [1.165, 1.54) is 0 Å². The summed E-state index contributed by atoms with van der Waals surface area (Å²) in [6, 6.07) is -2.89. The normalized spacial score (nSPS) is 43.5. The van der Waals surface area contributed by atoms with Gasteiger partial charge >= 0.3 is 0 Å². The highest BCUT2D eigenvalue weighted by atomic mass is 16.7. The summed E-state index contributed by atoms with van der Waals surface area (Å²) in [6.45, 7) is 1.50. The zero-order valence-corrected chi connectivity index (χ0v) is 22.9. The molecule has 3 fully saturated rings. The van der Waals surface area contributed by atoms with Gasteiger partial charge in [0.1, 0.15) is 36.6 Å². The minimum Gasteiger partial charge on any atom is -0.394 e. The van der Waals surface area contributed by atoms with E-state index in [1.807, 2.05) is 0 Å². The fourth-order valence-electron chi connectivity index (χ4n) is 5.35. The second-order valence-electron chi connectivity index (χ2n) is 11.0. The first kappa shape index (κ1) is 33.9. The quantitative estimate of drug-likeness (QED) is 0.0849. The topological polar surface area (TPSA) is 292 Å². The summed E-state index contributed by atoms with van der Waals surface area (Å²) in [7, 11) is 0. The van der Waals surface area contributed by atoms with Crippen LogP contribution in [0, 0.1) is 0 Å². The standard InChI is InChI=1S/C24H51N7O9/c25-4-1-5-30-9-12-2-3-13(27)23(37-12)39-21-14(28)6-15(31-8-11(33)7-26)22(20(21)36)40-24-19(35)17(29)18(34)16(10-32)38-24/h11-24,30-36H,1-10,25-29H2/t11?,12-,13+,14-,15+,16+,17-,18+,19+,20-,21?,22-,23+,24+/m0/s1. The Kier molecular flexibility index (Phi) is 13.8. The fraction of sp³-hybridized carbons (Fsp3) is 1.00. The summed E-state index contributed by atoms with van der Waals surface area (Å²) in [5, 5.41) is 58.3. The van der Waals surface area contributed by atoms with E-state index in [2.05, 4.69) is 10.6 Å². The van der Waals surface area contributed by atoms with Gasteiger partial charge in [-0.1, -0.05) is 0 Å². The van der Waals surface area contributed by atoms with Gasteiger partial charge < -0.3 is 83.8 Å². The monoisotopic (exact) mass is 581 g/mol. The lowest BCUT2D eigenvalue weighted by atomic mass is 9.83. The van der Waals surface area contributed by atoms with Crippen molar-refractivity contribution in [2.75, 3.05) is 39.3 Å². The summed E-state index contributed by atoms with van der Waals surface area (Å²) < 4.78 is 23.9. The number of nitrogens with one attached hydrogen (secondary N) is 2. The Balaban J connectivity index is 1.73. The highest BCUT2D eigenvalue weighted by molar-refractivity contribution is 5.02. The number of hydrogen-bond acceptors (Lipinski definition) is 16. The fourth-order valence-corrected chi connectivity index (χ4v) is 5.35. The molecule has 0 bridgehead atoms. The van der Waals surface area contributed by atoms with Crippen molar-refractivity contribution in [3.05, 3.63) is 0 Å². The second kappa shape index (κ2) is 16.3. The molecule has 0 aromatic heterocycles. The molecule has 0 radical (unpaired) electrons. The van der Waals surface area contributed by atoms with Gasteiger partial charge in [-0.25, -0.2) is 0 Å². The minimum atomic E-state index is -1.46. The lowest BCUT2D eigenvalue weighted by Gasteiger charge is -2.48. The molecule has 2 saturated heterocycles. The highest BCUT2D eigenvalue weighted by Crippen LogP contribution is 2.31. The molecule has 3 rings (SSSR count). The largest absolute Gasteiger partial charge is 0.394 e. The summed E-state index contributed by atoms with van der Waals surface area (Å²) in [5.41, 5.74) is 29.8. The molecule has 2 unspecified atom stereocenters. The Bertz CT molecular complexity index is 732. The smallest absolute Gasteiger partial charge is 0.186 e. The van der Waals surface area contributed by atoms with E-state index in [9.17, 15) is 25.5 Å². The van der Waals surface area contributed by atoms with E-state index in [0.29, 0.717) is 19.5 Å². The van der Waals surface area contributed by atoms with Crippen LogP contribution in [-0.2, 0) is 18.9 Å². The molecule has 1 saturated carbocycles. The van der Waals surface area contributed by atoms with Crippen LogP contribution in [0.15, 0.2) is 0 Å². The van der Waals surface area contributed by atoms with E-state index in [4.69, 9.17) is 47.6 Å². The molecule has 16 heteroatoms. The SMILES string of the molecule is NCCCNC[C@@H]1CC[C@@H](N)[C@@H](OC2[C@@H](N)C[C@@H](NCC(O)CN)[C@H](O[C@H]3O[C@H](CO)[C@@H](O)[C@H](N)[C@H]3O)[C@H]2O)O1. The van der Waals surface area contributed by atoms with Gasteiger partial charge in [0, 0.05) is 31.7 Å². The van der Waals surface area contributed by atoms with Gasteiger partial charge in [0.05, 0.1) is 30.9 Å². The van der Waals surface area contributed by atoms with Crippen LogP contribution in [0.25, 0.3) is 0 Å². The van der Waals surface area contributed by atoms with Crippen LogP contribution in [0.4, 0.5) is 0 Å². The zero-order chi connectivity index (χ0) is 29.4. The van der Waals surface area contributed by atoms with E-state index >= 15 is 0 Å². The summed E-state index contributed by atoms with van der Waals surface area (Å²) >= 11 is 0. The predicted octanol–water partition coefficient (Wildman–Crippen LogP) is -6.34. The van der Waals surface area contributed by atoms with E-state index < -0.39 is 86.1 Å².